The van der Waals surface area contributed by atoms with Gasteiger partial charge >= 0.3 is 0 Å². The molecule has 9 nitrogen and oxygen atoms in total. The lowest BCUT2D eigenvalue weighted by Gasteiger charge is -2.29. The van der Waals surface area contributed by atoms with Crippen molar-refractivity contribution in [2.24, 2.45) is 5.92 Å². The fourth-order valence-corrected chi connectivity index (χ4v) is 5.40. The summed E-state index contributed by atoms with van der Waals surface area (Å²) in [7, 11) is 0. The van der Waals surface area contributed by atoms with E-state index >= 15 is 0 Å². The number of piperidine rings is 1. The molecule has 2 fully saturated rings. The van der Waals surface area contributed by atoms with E-state index in [4.69, 9.17) is 16.3 Å². The van der Waals surface area contributed by atoms with Gasteiger partial charge in [-0.2, -0.15) is 0 Å². The van der Waals surface area contributed by atoms with Crippen LogP contribution in [-0.2, 0) is 16.1 Å². The van der Waals surface area contributed by atoms with Crippen molar-refractivity contribution in [3.63, 3.8) is 0 Å². The molecule has 3 N–H and O–H groups in total. The molecular weight excluding hydrogens is 480 g/mol. The summed E-state index contributed by atoms with van der Waals surface area (Å²) < 4.78 is 5.42. The number of nitrogens with one attached hydrogen (secondary N) is 3. The van der Waals surface area contributed by atoms with Crippen LogP contribution in [0.5, 0.6) is 0 Å². The smallest absolute Gasteiger partial charge is 0.254 e. The zero-order valence-electron chi connectivity index (χ0n) is 20.6. The molecule has 2 amide bonds. The Kier molecular flexibility index (Phi) is 7.69. The minimum atomic E-state index is -0.153. The molecular formula is C26H33ClN6O3. The number of nitrogens with zero attached hydrogens (tertiary/aromatic N) is 3. The summed E-state index contributed by atoms with van der Waals surface area (Å²) in [5.41, 5.74) is 2.79. The molecule has 192 valence electrons. The number of hydrogen-bond acceptors (Lipinski definition) is 7. The summed E-state index contributed by atoms with van der Waals surface area (Å²) in [6, 6.07) is 5.98. The van der Waals surface area contributed by atoms with Gasteiger partial charge in [0, 0.05) is 43.0 Å². The fraction of sp³-hybridized carbons (Fsp3) is 0.538. The van der Waals surface area contributed by atoms with Gasteiger partial charge in [0.2, 0.25) is 11.9 Å². The molecule has 0 spiro atoms. The number of ether oxygens (including phenoxy) is 1. The Labute approximate surface area is 216 Å². The van der Waals surface area contributed by atoms with Crippen LogP contribution in [0.15, 0.2) is 24.4 Å². The largest absolute Gasteiger partial charge is 0.381 e. The van der Waals surface area contributed by atoms with E-state index in [0.29, 0.717) is 34.7 Å². The van der Waals surface area contributed by atoms with Crippen LogP contribution in [0.2, 0.25) is 5.02 Å². The van der Waals surface area contributed by atoms with Crippen molar-refractivity contribution in [1.82, 2.24) is 25.5 Å². The summed E-state index contributed by atoms with van der Waals surface area (Å²) in [5.74, 6) is 0.644. The minimum absolute atomic E-state index is 0.0424. The van der Waals surface area contributed by atoms with Gasteiger partial charge in [0.1, 0.15) is 6.54 Å². The van der Waals surface area contributed by atoms with Gasteiger partial charge in [-0.3, -0.25) is 9.59 Å². The quantitative estimate of drug-likeness (QED) is 0.523. The second-order valence-electron chi connectivity index (χ2n) is 9.92. The first-order valence-electron chi connectivity index (χ1n) is 12.8. The van der Waals surface area contributed by atoms with Crippen molar-refractivity contribution in [2.45, 2.75) is 51.2 Å². The van der Waals surface area contributed by atoms with Gasteiger partial charge < -0.3 is 25.6 Å². The monoisotopic (exact) mass is 512 g/mol. The highest BCUT2D eigenvalue weighted by atomic mass is 35.5. The maximum atomic E-state index is 13.2. The highest BCUT2D eigenvalue weighted by molar-refractivity contribution is 6.33. The average Bonchev–Trinajstić information content (AvgIpc) is 3.20. The van der Waals surface area contributed by atoms with E-state index < -0.39 is 0 Å². The third-order valence-electron chi connectivity index (χ3n) is 7.33. The normalized spacial score (nSPS) is 21.2. The van der Waals surface area contributed by atoms with Gasteiger partial charge in [-0.05, 0) is 63.2 Å². The zero-order chi connectivity index (χ0) is 25.1. The van der Waals surface area contributed by atoms with Crippen molar-refractivity contribution in [3.05, 3.63) is 40.5 Å². The van der Waals surface area contributed by atoms with E-state index in [1.807, 2.05) is 25.1 Å². The zero-order valence-corrected chi connectivity index (χ0v) is 21.3. The summed E-state index contributed by atoms with van der Waals surface area (Å²) in [6.07, 6.45) is 5.60. The molecule has 4 heterocycles. The Bertz CT molecular complexity index is 1120. The van der Waals surface area contributed by atoms with Gasteiger partial charge in [-0.15, -0.1) is 0 Å². The third kappa shape index (κ3) is 5.63. The molecule has 1 aromatic heterocycles. The SMILES string of the molecule is CC(NC(=O)CN1Cc2ccc(-c3nc(NC4CCOCC4)ncc3Cl)cc2C1=O)C1CCCNC1. The van der Waals surface area contributed by atoms with Gasteiger partial charge in [-0.1, -0.05) is 23.7 Å². The number of rotatable bonds is 7. The molecule has 0 saturated carbocycles. The number of fused-ring (bicyclic) bond motifs is 1. The number of aromatic nitrogens is 2. The first-order chi connectivity index (χ1) is 17.5. The van der Waals surface area contributed by atoms with E-state index in [9.17, 15) is 9.59 Å². The van der Waals surface area contributed by atoms with Crippen LogP contribution in [-0.4, -0.2) is 71.6 Å². The first-order valence-corrected chi connectivity index (χ1v) is 13.1. The van der Waals surface area contributed by atoms with Crippen molar-refractivity contribution in [1.29, 1.82) is 0 Å². The van der Waals surface area contributed by atoms with E-state index in [1.54, 1.807) is 11.1 Å². The predicted molar refractivity (Wildman–Crippen MR) is 138 cm³/mol. The van der Waals surface area contributed by atoms with Crippen LogP contribution in [0.1, 0.15) is 48.5 Å². The molecule has 0 aliphatic carbocycles. The van der Waals surface area contributed by atoms with Crippen LogP contribution in [0.3, 0.4) is 0 Å². The van der Waals surface area contributed by atoms with Gasteiger partial charge in [0.25, 0.3) is 5.91 Å². The number of carbonyl (C=O) groups excluding carboxylic acids is 2. The average molecular weight is 513 g/mol. The first kappa shape index (κ1) is 24.9. The highest BCUT2D eigenvalue weighted by Crippen LogP contribution is 2.31. The van der Waals surface area contributed by atoms with E-state index in [-0.39, 0.29) is 30.4 Å². The molecule has 3 aliphatic rings. The number of hydrogen-bond donors (Lipinski definition) is 3. The predicted octanol–water partition coefficient (Wildman–Crippen LogP) is 2.85. The molecule has 2 atom stereocenters. The molecule has 5 rings (SSSR count). The van der Waals surface area contributed by atoms with Crippen molar-refractivity contribution in [3.8, 4) is 11.3 Å². The van der Waals surface area contributed by atoms with Crippen molar-refractivity contribution in [2.75, 3.05) is 38.2 Å². The fourth-order valence-electron chi connectivity index (χ4n) is 5.20. The lowest BCUT2D eigenvalue weighted by Crippen LogP contribution is -2.47. The van der Waals surface area contributed by atoms with Gasteiger partial charge in [-0.25, -0.2) is 9.97 Å². The highest BCUT2D eigenvalue weighted by Gasteiger charge is 2.30. The van der Waals surface area contributed by atoms with Crippen LogP contribution < -0.4 is 16.0 Å². The van der Waals surface area contributed by atoms with E-state index in [1.165, 1.54) is 0 Å². The van der Waals surface area contributed by atoms with Crippen LogP contribution in [0, 0.1) is 5.92 Å². The molecule has 2 unspecified atom stereocenters. The molecule has 2 aromatic rings. The Balaban J connectivity index is 1.25. The van der Waals surface area contributed by atoms with Gasteiger partial charge in [0.05, 0.1) is 16.9 Å². The summed E-state index contributed by atoms with van der Waals surface area (Å²) >= 11 is 6.45. The lowest BCUT2D eigenvalue weighted by atomic mass is 9.93. The van der Waals surface area contributed by atoms with Crippen LogP contribution >= 0.6 is 11.6 Å². The maximum Gasteiger partial charge on any atom is 0.254 e. The molecule has 10 heteroatoms. The van der Waals surface area contributed by atoms with Crippen molar-refractivity contribution < 1.29 is 14.3 Å². The second kappa shape index (κ2) is 11.1. The Morgan fingerprint density at radius 2 is 2.14 bits per heavy atom. The van der Waals surface area contributed by atoms with Crippen LogP contribution in [0.4, 0.5) is 5.95 Å². The van der Waals surface area contributed by atoms with Crippen LogP contribution in [0.25, 0.3) is 11.3 Å². The number of anilines is 1. The van der Waals surface area contributed by atoms with Gasteiger partial charge in [0.15, 0.2) is 0 Å². The molecule has 1 aromatic carbocycles. The Hall–Kier alpha value is -2.75. The Morgan fingerprint density at radius 1 is 1.31 bits per heavy atom. The number of carbonyl (C=O) groups is 2. The number of amides is 2. The summed E-state index contributed by atoms with van der Waals surface area (Å²) in [6.45, 7) is 5.88. The number of benzene rings is 1. The molecule has 3 aliphatic heterocycles. The Morgan fingerprint density at radius 3 is 2.92 bits per heavy atom. The topological polar surface area (TPSA) is 108 Å². The summed E-state index contributed by atoms with van der Waals surface area (Å²) in [4.78, 5) is 36.4. The molecule has 0 radical (unpaired) electrons. The van der Waals surface area contributed by atoms with E-state index in [0.717, 1.165) is 63.1 Å². The molecule has 0 bridgehead atoms. The number of halogens is 1. The lowest BCUT2D eigenvalue weighted by molar-refractivity contribution is -0.122. The van der Waals surface area contributed by atoms with E-state index in [2.05, 4.69) is 25.9 Å². The standard InChI is InChI=1S/C26H33ClN6O3/c1-16(18-3-2-8-28-12-18)30-23(34)15-33-14-19-5-4-17(11-21(19)25(33)35)24-22(27)13-29-26(32-24)31-20-6-9-36-10-7-20/h4-5,11,13,16,18,20,28H,2-3,6-10,12,14-15H2,1H3,(H,30,34)(H,29,31,32). The third-order valence-corrected chi connectivity index (χ3v) is 7.60. The maximum absolute atomic E-state index is 13.2. The minimum Gasteiger partial charge on any atom is -0.381 e. The summed E-state index contributed by atoms with van der Waals surface area (Å²) in [5, 5.41) is 10.2. The molecule has 36 heavy (non-hydrogen) atoms. The van der Waals surface area contributed by atoms with Crippen molar-refractivity contribution >= 4 is 29.4 Å². The second-order valence-corrected chi connectivity index (χ2v) is 10.3. The molecule has 2 saturated heterocycles.